The third-order valence-corrected chi connectivity index (χ3v) is 3.17. The topological polar surface area (TPSA) is 21.3 Å². The zero-order chi connectivity index (χ0) is 9.68. The predicted octanol–water partition coefficient (Wildman–Crippen LogP) is 2.19. The summed E-state index contributed by atoms with van der Waals surface area (Å²) in [5.74, 6) is 0.853. The minimum absolute atomic E-state index is 0.551. The summed E-state index contributed by atoms with van der Waals surface area (Å²) in [7, 11) is 1.78. The second kappa shape index (κ2) is 5.61. The Bertz CT molecular complexity index is 138. The van der Waals surface area contributed by atoms with Gasteiger partial charge in [0.25, 0.3) is 0 Å². The standard InChI is InChI=1S/C11H23NO/c1-4-10(8-13-3)12-11-7-5-6-9(11)2/h9-12H,4-8H2,1-3H3/t9-,10-,11+/m0/s1. The van der Waals surface area contributed by atoms with Crippen LogP contribution >= 0.6 is 0 Å². The number of methoxy groups -OCH3 is 1. The number of hydrogen-bond acceptors (Lipinski definition) is 2. The van der Waals surface area contributed by atoms with Crippen LogP contribution in [0.3, 0.4) is 0 Å². The van der Waals surface area contributed by atoms with E-state index in [0.717, 1.165) is 25.0 Å². The van der Waals surface area contributed by atoms with Gasteiger partial charge < -0.3 is 10.1 Å². The lowest BCUT2D eigenvalue weighted by atomic mass is 10.0. The smallest absolute Gasteiger partial charge is 0.0615 e. The highest BCUT2D eigenvalue weighted by Crippen LogP contribution is 2.25. The minimum atomic E-state index is 0.551. The summed E-state index contributed by atoms with van der Waals surface area (Å²) in [5.41, 5.74) is 0. The molecule has 2 nitrogen and oxygen atoms in total. The molecule has 0 heterocycles. The van der Waals surface area contributed by atoms with E-state index in [9.17, 15) is 0 Å². The Morgan fingerprint density at radius 3 is 2.69 bits per heavy atom. The van der Waals surface area contributed by atoms with Crippen molar-refractivity contribution < 1.29 is 4.74 Å². The summed E-state index contributed by atoms with van der Waals surface area (Å²) in [5, 5.41) is 3.69. The van der Waals surface area contributed by atoms with Crippen molar-refractivity contribution in [2.24, 2.45) is 5.92 Å². The molecule has 0 unspecified atom stereocenters. The third kappa shape index (κ3) is 3.28. The van der Waals surface area contributed by atoms with Crippen molar-refractivity contribution in [3.63, 3.8) is 0 Å². The normalized spacial score (nSPS) is 30.7. The van der Waals surface area contributed by atoms with Crippen molar-refractivity contribution in [3.05, 3.63) is 0 Å². The fourth-order valence-corrected chi connectivity index (χ4v) is 2.18. The van der Waals surface area contributed by atoms with Crippen molar-refractivity contribution >= 4 is 0 Å². The first kappa shape index (κ1) is 11.0. The van der Waals surface area contributed by atoms with E-state index in [-0.39, 0.29) is 0 Å². The van der Waals surface area contributed by atoms with Crippen LogP contribution in [0.25, 0.3) is 0 Å². The fraction of sp³-hybridized carbons (Fsp3) is 1.00. The van der Waals surface area contributed by atoms with E-state index >= 15 is 0 Å². The van der Waals surface area contributed by atoms with Crippen LogP contribution in [0.2, 0.25) is 0 Å². The molecule has 0 saturated heterocycles. The Labute approximate surface area is 82.0 Å². The molecule has 0 bridgehead atoms. The zero-order valence-electron chi connectivity index (χ0n) is 9.18. The maximum absolute atomic E-state index is 5.18. The summed E-state index contributed by atoms with van der Waals surface area (Å²) in [6, 6.07) is 1.29. The first-order valence-electron chi connectivity index (χ1n) is 5.53. The molecule has 1 aliphatic rings. The van der Waals surface area contributed by atoms with Gasteiger partial charge in [-0.1, -0.05) is 20.3 Å². The molecule has 13 heavy (non-hydrogen) atoms. The van der Waals surface area contributed by atoms with Crippen molar-refractivity contribution in [3.8, 4) is 0 Å². The van der Waals surface area contributed by atoms with Gasteiger partial charge in [-0.3, -0.25) is 0 Å². The van der Waals surface area contributed by atoms with Crippen LogP contribution in [0.1, 0.15) is 39.5 Å². The summed E-state index contributed by atoms with van der Waals surface area (Å²) < 4.78 is 5.18. The lowest BCUT2D eigenvalue weighted by Gasteiger charge is -2.24. The Hall–Kier alpha value is -0.0800. The van der Waals surface area contributed by atoms with E-state index in [4.69, 9.17) is 4.74 Å². The van der Waals surface area contributed by atoms with Crippen LogP contribution in [0.5, 0.6) is 0 Å². The number of hydrogen-bond donors (Lipinski definition) is 1. The molecule has 2 heteroatoms. The molecule has 0 aliphatic heterocycles. The predicted molar refractivity (Wildman–Crippen MR) is 55.9 cm³/mol. The van der Waals surface area contributed by atoms with Crippen LogP contribution in [-0.4, -0.2) is 25.8 Å². The Morgan fingerprint density at radius 1 is 1.46 bits per heavy atom. The van der Waals surface area contributed by atoms with Crippen LogP contribution < -0.4 is 5.32 Å². The Balaban J connectivity index is 2.27. The quantitative estimate of drug-likeness (QED) is 0.709. The van der Waals surface area contributed by atoms with Crippen LogP contribution in [0.4, 0.5) is 0 Å². The third-order valence-electron chi connectivity index (χ3n) is 3.17. The van der Waals surface area contributed by atoms with E-state index in [2.05, 4.69) is 19.2 Å². The van der Waals surface area contributed by atoms with Crippen molar-refractivity contribution in [2.45, 2.75) is 51.6 Å². The van der Waals surface area contributed by atoms with Gasteiger partial charge in [-0.05, 0) is 25.2 Å². The Morgan fingerprint density at radius 2 is 2.23 bits per heavy atom. The first-order chi connectivity index (χ1) is 6.27. The minimum Gasteiger partial charge on any atom is -0.383 e. The molecule has 0 aromatic rings. The van der Waals surface area contributed by atoms with Gasteiger partial charge in [0.2, 0.25) is 0 Å². The maximum atomic E-state index is 5.18. The van der Waals surface area contributed by atoms with Crippen molar-refractivity contribution in [2.75, 3.05) is 13.7 Å². The average molecular weight is 185 g/mol. The van der Waals surface area contributed by atoms with Gasteiger partial charge in [-0.15, -0.1) is 0 Å². The molecule has 1 fully saturated rings. The summed E-state index contributed by atoms with van der Waals surface area (Å²) >= 11 is 0. The first-order valence-corrected chi connectivity index (χ1v) is 5.53. The molecule has 1 N–H and O–H groups in total. The maximum Gasteiger partial charge on any atom is 0.0615 e. The second-order valence-electron chi connectivity index (χ2n) is 4.24. The van der Waals surface area contributed by atoms with Crippen LogP contribution in [0, 0.1) is 5.92 Å². The van der Waals surface area contributed by atoms with Gasteiger partial charge in [0.05, 0.1) is 6.61 Å². The SMILES string of the molecule is CC[C@@H](COC)N[C@@H]1CCC[C@@H]1C. The molecular formula is C11H23NO. The number of ether oxygens (including phenoxy) is 1. The van der Waals surface area contributed by atoms with Crippen molar-refractivity contribution in [1.82, 2.24) is 5.32 Å². The van der Waals surface area contributed by atoms with E-state index < -0.39 is 0 Å². The molecule has 3 atom stereocenters. The summed E-state index contributed by atoms with van der Waals surface area (Å²) in [4.78, 5) is 0. The Kier molecular flexibility index (Phi) is 4.74. The van der Waals surface area contributed by atoms with Gasteiger partial charge in [-0.25, -0.2) is 0 Å². The second-order valence-corrected chi connectivity index (χ2v) is 4.24. The van der Waals surface area contributed by atoms with Crippen molar-refractivity contribution in [1.29, 1.82) is 0 Å². The number of rotatable bonds is 5. The van der Waals surface area contributed by atoms with Gasteiger partial charge in [-0.2, -0.15) is 0 Å². The van der Waals surface area contributed by atoms with Crippen LogP contribution in [-0.2, 0) is 4.74 Å². The number of nitrogens with one attached hydrogen (secondary N) is 1. The average Bonchev–Trinajstić information content (AvgIpc) is 2.51. The van der Waals surface area contributed by atoms with Gasteiger partial charge in [0.15, 0.2) is 0 Å². The van der Waals surface area contributed by atoms with E-state index in [1.807, 2.05) is 0 Å². The highest BCUT2D eigenvalue weighted by molar-refractivity contribution is 4.82. The molecular weight excluding hydrogens is 162 g/mol. The highest BCUT2D eigenvalue weighted by Gasteiger charge is 2.24. The molecule has 1 aliphatic carbocycles. The summed E-state index contributed by atoms with van der Waals surface area (Å²) in [6.45, 7) is 5.42. The van der Waals surface area contributed by atoms with Gasteiger partial charge in [0.1, 0.15) is 0 Å². The van der Waals surface area contributed by atoms with E-state index in [0.29, 0.717) is 6.04 Å². The molecule has 0 spiro atoms. The largest absolute Gasteiger partial charge is 0.383 e. The monoisotopic (exact) mass is 185 g/mol. The molecule has 1 rings (SSSR count). The van der Waals surface area contributed by atoms with E-state index in [1.165, 1.54) is 19.3 Å². The fourth-order valence-electron chi connectivity index (χ4n) is 2.18. The summed E-state index contributed by atoms with van der Waals surface area (Å²) in [6.07, 6.45) is 5.29. The van der Waals surface area contributed by atoms with E-state index in [1.54, 1.807) is 7.11 Å². The molecule has 78 valence electrons. The van der Waals surface area contributed by atoms with Gasteiger partial charge in [0, 0.05) is 19.2 Å². The van der Waals surface area contributed by atoms with Crippen LogP contribution in [0.15, 0.2) is 0 Å². The molecule has 0 amide bonds. The molecule has 1 saturated carbocycles. The lowest BCUT2D eigenvalue weighted by Crippen LogP contribution is -2.41. The van der Waals surface area contributed by atoms with Gasteiger partial charge >= 0.3 is 0 Å². The molecule has 0 aromatic heterocycles. The highest BCUT2D eigenvalue weighted by atomic mass is 16.5. The zero-order valence-corrected chi connectivity index (χ0v) is 9.18. The lowest BCUT2D eigenvalue weighted by molar-refractivity contribution is 0.155. The molecule has 0 aromatic carbocycles. The molecule has 0 radical (unpaired) electrons.